The minimum Gasteiger partial charge on any atom is -0.456 e. The van der Waals surface area contributed by atoms with Crippen LogP contribution in [0.15, 0.2) is 24.3 Å². The Hall–Kier alpha value is -2.43. The Morgan fingerprint density at radius 2 is 1.90 bits per heavy atom. The molecule has 0 spiro atoms. The highest BCUT2D eigenvalue weighted by Crippen LogP contribution is 2.29. The molecule has 0 saturated carbocycles. The van der Waals surface area contributed by atoms with Gasteiger partial charge in [0, 0.05) is 11.8 Å². The Morgan fingerprint density at radius 1 is 1.20 bits per heavy atom. The highest BCUT2D eigenvalue weighted by molar-refractivity contribution is 5.98. The SMILES string of the molecule is Cc1cc(Oc2ccc(F)cc2C)c(C(=N)N)c(C)n1. The van der Waals surface area contributed by atoms with Crippen LogP contribution in [0.5, 0.6) is 11.5 Å². The molecule has 2 rings (SSSR count). The zero-order valence-corrected chi connectivity index (χ0v) is 11.6. The number of halogens is 1. The van der Waals surface area contributed by atoms with Crippen LogP contribution in [0, 0.1) is 32.0 Å². The number of hydrogen-bond donors (Lipinski definition) is 2. The van der Waals surface area contributed by atoms with Gasteiger partial charge in [-0.25, -0.2) is 4.39 Å². The lowest BCUT2D eigenvalue weighted by atomic mass is 10.1. The number of nitrogens with one attached hydrogen (secondary N) is 1. The molecule has 1 aromatic heterocycles. The van der Waals surface area contributed by atoms with Crippen LogP contribution in [0.25, 0.3) is 0 Å². The topological polar surface area (TPSA) is 72.0 Å². The molecule has 0 bridgehead atoms. The van der Waals surface area contributed by atoms with Crippen molar-refractivity contribution in [3.05, 3.63) is 52.6 Å². The Balaban J connectivity index is 2.50. The van der Waals surface area contributed by atoms with Crippen LogP contribution in [-0.4, -0.2) is 10.8 Å². The summed E-state index contributed by atoms with van der Waals surface area (Å²) in [4.78, 5) is 4.27. The van der Waals surface area contributed by atoms with E-state index in [0.29, 0.717) is 28.3 Å². The number of pyridine rings is 1. The molecule has 0 unspecified atom stereocenters. The first-order valence-electron chi connectivity index (χ1n) is 6.15. The van der Waals surface area contributed by atoms with Crippen molar-refractivity contribution in [1.82, 2.24) is 4.98 Å². The van der Waals surface area contributed by atoms with Crippen molar-refractivity contribution in [2.24, 2.45) is 5.73 Å². The van der Waals surface area contributed by atoms with Gasteiger partial charge in [0.1, 0.15) is 23.2 Å². The number of nitrogens with two attached hydrogens (primary N) is 1. The van der Waals surface area contributed by atoms with E-state index in [9.17, 15) is 4.39 Å². The number of rotatable bonds is 3. The average molecular weight is 273 g/mol. The predicted octanol–water partition coefficient (Wildman–Crippen LogP) is 3.22. The summed E-state index contributed by atoms with van der Waals surface area (Å²) < 4.78 is 18.9. The lowest BCUT2D eigenvalue weighted by molar-refractivity contribution is 0.473. The molecule has 0 amide bonds. The second kappa shape index (κ2) is 5.28. The van der Waals surface area contributed by atoms with Crippen molar-refractivity contribution in [2.75, 3.05) is 0 Å². The Bertz CT molecular complexity index is 683. The molecule has 0 atom stereocenters. The molecule has 1 heterocycles. The van der Waals surface area contributed by atoms with Crippen LogP contribution in [0.3, 0.4) is 0 Å². The van der Waals surface area contributed by atoms with Crippen molar-refractivity contribution in [3.8, 4) is 11.5 Å². The summed E-state index contributed by atoms with van der Waals surface area (Å²) in [7, 11) is 0. The third-order valence-electron chi connectivity index (χ3n) is 2.92. The van der Waals surface area contributed by atoms with E-state index >= 15 is 0 Å². The molecule has 20 heavy (non-hydrogen) atoms. The molecule has 0 saturated heterocycles. The standard InChI is InChI=1S/C15H16FN3O/c1-8-6-11(16)4-5-12(8)20-13-7-9(2)19-10(3)14(13)15(17)18/h4-7H,1-3H3,(H3,17,18). The molecular formula is C15H16FN3O. The minimum atomic E-state index is -0.316. The maximum atomic E-state index is 13.1. The van der Waals surface area contributed by atoms with E-state index in [4.69, 9.17) is 15.9 Å². The van der Waals surface area contributed by atoms with Crippen molar-refractivity contribution < 1.29 is 9.13 Å². The molecule has 4 nitrogen and oxygen atoms in total. The van der Waals surface area contributed by atoms with E-state index in [2.05, 4.69) is 4.98 Å². The Morgan fingerprint density at radius 3 is 2.50 bits per heavy atom. The number of hydrogen-bond acceptors (Lipinski definition) is 3. The largest absolute Gasteiger partial charge is 0.456 e. The van der Waals surface area contributed by atoms with E-state index in [1.807, 2.05) is 6.92 Å². The van der Waals surface area contributed by atoms with Crippen molar-refractivity contribution in [3.63, 3.8) is 0 Å². The molecule has 0 radical (unpaired) electrons. The van der Waals surface area contributed by atoms with Gasteiger partial charge in [-0.1, -0.05) is 0 Å². The quantitative estimate of drug-likeness (QED) is 0.666. The molecule has 104 valence electrons. The molecule has 2 aromatic rings. The van der Waals surface area contributed by atoms with Crippen LogP contribution < -0.4 is 10.5 Å². The van der Waals surface area contributed by atoms with Gasteiger partial charge in [-0.15, -0.1) is 0 Å². The summed E-state index contributed by atoms with van der Waals surface area (Å²) >= 11 is 0. The third kappa shape index (κ3) is 2.77. The van der Waals surface area contributed by atoms with E-state index in [-0.39, 0.29) is 11.7 Å². The normalized spacial score (nSPS) is 10.4. The Kier molecular flexibility index (Phi) is 3.70. The number of aryl methyl sites for hydroxylation is 3. The van der Waals surface area contributed by atoms with Gasteiger partial charge in [-0.05, 0) is 44.5 Å². The van der Waals surface area contributed by atoms with Gasteiger partial charge in [-0.2, -0.15) is 0 Å². The Labute approximate surface area is 116 Å². The lowest BCUT2D eigenvalue weighted by Crippen LogP contribution is -2.15. The molecule has 0 fully saturated rings. The maximum absolute atomic E-state index is 13.1. The highest BCUT2D eigenvalue weighted by Gasteiger charge is 2.14. The van der Waals surface area contributed by atoms with Crippen molar-refractivity contribution in [1.29, 1.82) is 5.41 Å². The summed E-state index contributed by atoms with van der Waals surface area (Å²) in [6.45, 7) is 5.36. The van der Waals surface area contributed by atoms with Crippen LogP contribution in [0.2, 0.25) is 0 Å². The molecule has 3 N–H and O–H groups in total. The summed E-state index contributed by atoms with van der Waals surface area (Å²) in [5.74, 6) is 0.560. The summed E-state index contributed by atoms with van der Waals surface area (Å²) in [6, 6.07) is 5.99. The first-order chi connectivity index (χ1) is 9.38. The van der Waals surface area contributed by atoms with Crippen LogP contribution in [-0.2, 0) is 0 Å². The van der Waals surface area contributed by atoms with Crippen molar-refractivity contribution in [2.45, 2.75) is 20.8 Å². The molecular weight excluding hydrogens is 257 g/mol. The lowest BCUT2D eigenvalue weighted by Gasteiger charge is -2.14. The van der Waals surface area contributed by atoms with Gasteiger partial charge in [0.05, 0.1) is 11.3 Å². The van der Waals surface area contributed by atoms with Gasteiger partial charge in [0.2, 0.25) is 0 Å². The van der Waals surface area contributed by atoms with E-state index in [0.717, 1.165) is 5.69 Å². The number of nitrogen functional groups attached to an aromatic ring is 1. The fourth-order valence-corrected chi connectivity index (χ4v) is 2.05. The maximum Gasteiger partial charge on any atom is 0.141 e. The smallest absolute Gasteiger partial charge is 0.141 e. The third-order valence-corrected chi connectivity index (χ3v) is 2.92. The van der Waals surface area contributed by atoms with Gasteiger partial charge in [-0.3, -0.25) is 10.4 Å². The van der Waals surface area contributed by atoms with Gasteiger partial charge in [0.15, 0.2) is 0 Å². The van der Waals surface area contributed by atoms with Crippen LogP contribution in [0.1, 0.15) is 22.5 Å². The monoisotopic (exact) mass is 273 g/mol. The summed E-state index contributed by atoms with van der Waals surface area (Å²) in [6.07, 6.45) is 0. The average Bonchev–Trinajstić information content (AvgIpc) is 2.31. The molecule has 5 heteroatoms. The first kappa shape index (κ1) is 14.0. The highest BCUT2D eigenvalue weighted by atomic mass is 19.1. The second-order valence-corrected chi connectivity index (χ2v) is 4.65. The second-order valence-electron chi connectivity index (χ2n) is 4.65. The number of aromatic nitrogens is 1. The molecule has 0 aliphatic carbocycles. The zero-order chi connectivity index (χ0) is 14.9. The summed E-state index contributed by atoms with van der Waals surface area (Å²) in [5, 5.41) is 7.64. The first-order valence-corrected chi connectivity index (χ1v) is 6.15. The van der Waals surface area contributed by atoms with Gasteiger partial charge < -0.3 is 10.5 Å². The number of ether oxygens (including phenoxy) is 1. The van der Waals surface area contributed by atoms with Gasteiger partial charge >= 0.3 is 0 Å². The van der Waals surface area contributed by atoms with E-state index in [1.54, 1.807) is 26.0 Å². The van der Waals surface area contributed by atoms with Crippen LogP contribution in [0.4, 0.5) is 4.39 Å². The fourth-order valence-electron chi connectivity index (χ4n) is 2.05. The van der Waals surface area contributed by atoms with Crippen LogP contribution >= 0.6 is 0 Å². The van der Waals surface area contributed by atoms with E-state index < -0.39 is 0 Å². The van der Waals surface area contributed by atoms with E-state index in [1.165, 1.54) is 12.1 Å². The molecule has 0 aliphatic heterocycles. The van der Waals surface area contributed by atoms with Gasteiger partial charge in [0.25, 0.3) is 0 Å². The summed E-state index contributed by atoms with van der Waals surface area (Å²) in [5.41, 5.74) is 8.11. The van der Waals surface area contributed by atoms with Crippen molar-refractivity contribution >= 4 is 5.84 Å². The number of benzene rings is 1. The number of amidine groups is 1. The molecule has 1 aromatic carbocycles. The fraction of sp³-hybridized carbons (Fsp3) is 0.200. The molecule has 0 aliphatic rings. The minimum absolute atomic E-state index is 0.107. The number of nitrogens with zero attached hydrogens (tertiary/aromatic N) is 1. The zero-order valence-electron chi connectivity index (χ0n) is 11.6. The predicted molar refractivity (Wildman–Crippen MR) is 75.9 cm³/mol.